The minimum Gasteiger partial charge on any atom is -0.497 e. The Morgan fingerprint density at radius 3 is 2.14 bits per heavy atom. The molecule has 1 fully saturated rings. The normalized spacial score (nSPS) is 14.0. The zero-order chi connectivity index (χ0) is 20.2. The SMILES string of the molecule is COc1ccc(N2CCN(c3nc(-c4ccc(OC)c(OC)c4)no3)CC2)cc1. The van der Waals surface area contributed by atoms with E-state index in [1.54, 1.807) is 21.3 Å². The van der Waals surface area contributed by atoms with Crippen LogP contribution in [-0.4, -0.2) is 57.6 Å². The van der Waals surface area contributed by atoms with Crippen LogP contribution in [0.15, 0.2) is 47.0 Å². The van der Waals surface area contributed by atoms with Gasteiger partial charge in [-0.1, -0.05) is 5.16 Å². The van der Waals surface area contributed by atoms with Crippen molar-refractivity contribution in [2.45, 2.75) is 0 Å². The third-order valence-electron chi connectivity index (χ3n) is 5.04. The highest BCUT2D eigenvalue weighted by Crippen LogP contribution is 2.32. The minimum absolute atomic E-state index is 0.526. The van der Waals surface area contributed by atoms with E-state index in [1.165, 1.54) is 5.69 Å². The predicted octanol–water partition coefficient (Wildman–Crippen LogP) is 3.09. The first-order chi connectivity index (χ1) is 14.2. The number of hydrogen-bond donors (Lipinski definition) is 0. The number of methoxy groups -OCH3 is 3. The molecule has 1 saturated heterocycles. The summed E-state index contributed by atoms with van der Waals surface area (Å²) < 4.78 is 21.4. The molecule has 0 amide bonds. The molecule has 2 heterocycles. The van der Waals surface area contributed by atoms with Crippen LogP contribution in [0, 0.1) is 0 Å². The highest BCUT2D eigenvalue weighted by molar-refractivity contribution is 5.61. The number of benzene rings is 2. The second kappa shape index (κ2) is 8.30. The summed E-state index contributed by atoms with van der Waals surface area (Å²) in [6.45, 7) is 3.36. The molecule has 152 valence electrons. The average Bonchev–Trinajstić information content (AvgIpc) is 3.29. The number of ether oxygens (including phenoxy) is 3. The zero-order valence-electron chi connectivity index (χ0n) is 16.8. The Morgan fingerprint density at radius 2 is 1.48 bits per heavy atom. The molecule has 0 radical (unpaired) electrons. The number of piperazine rings is 1. The van der Waals surface area contributed by atoms with E-state index in [0.29, 0.717) is 23.3 Å². The maximum Gasteiger partial charge on any atom is 0.324 e. The van der Waals surface area contributed by atoms with Gasteiger partial charge in [0.25, 0.3) is 0 Å². The molecule has 1 aliphatic rings. The maximum atomic E-state index is 5.52. The van der Waals surface area contributed by atoms with Crippen molar-refractivity contribution < 1.29 is 18.7 Å². The molecule has 1 aliphatic heterocycles. The van der Waals surface area contributed by atoms with Crippen molar-refractivity contribution in [2.75, 3.05) is 57.3 Å². The van der Waals surface area contributed by atoms with Gasteiger partial charge in [0.05, 0.1) is 21.3 Å². The van der Waals surface area contributed by atoms with Crippen molar-refractivity contribution >= 4 is 11.7 Å². The fourth-order valence-corrected chi connectivity index (χ4v) is 3.39. The van der Waals surface area contributed by atoms with Gasteiger partial charge in [0, 0.05) is 37.4 Å². The summed E-state index contributed by atoms with van der Waals surface area (Å²) in [5.41, 5.74) is 2.00. The van der Waals surface area contributed by atoms with Gasteiger partial charge in [0.15, 0.2) is 11.5 Å². The van der Waals surface area contributed by atoms with Crippen LogP contribution in [0.25, 0.3) is 11.4 Å². The van der Waals surface area contributed by atoms with Crippen molar-refractivity contribution in [2.24, 2.45) is 0 Å². The predicted molar refractivity (Wildman–Crippen MR) is 110 cm³/mol. The summed E-state index contributed by atoms with van der Waals surface area (Å²) >= 11 is 0. The molecule has 2 aromatic carbocycles. The Kier molecular flexibility index (Phi) is 5.41. The van der Waals surface area contributed by atoms with Crippen LogP contribution in [-0.2, 0) is 0 Å². The summed E-state index contributed by atoms with van der Waals surface area (Å²) in [4.78, 5) is 9.02. The second-order valence-corrected chi connectivity index (χ2v) is 6.64. The van der Waals surface area contributed by atoms with Gasteiger partial charge >= 0.3 is 6.01 Å². The molecular formula is C21H24N4O4. The molecule has 3 aromatic rings. The average molecular weight is 396 g/mol. The summed E-state index contributed by atoms with van der Waals surface area (Å²) in [6, 6.07) is 14.2. The lowest BCUT2D eigenvalue weighted by Gasteiger charge is -2.35. The highest BCUT2D eigenvalue weighted by atomic mass is 16.5. The molecule has 0 N–H and O–H groups in total. The van der Waals surface area contributed by atoms with E-state index in [0.717, 1.165) is 37.5 Å². The van der Waals surface area contributed by atoms with Crippen molar-refractivity contribution in [1.29, 1.82) is 0 Å². The van der Waals surface area contributed by atoms with Gasteiger partial charge in [-0.3, -0.25) is 0 Å². The standard InChI is InChI=1S/C21H24N4O4/c1-26-17-7-5-16(6-8-17)24-10-12-25(13-11-24)21-22-20(23-29-21)15-4-9-18(27-2)19(14-15)28-3/h4-9,14H,10-13H2,1-3H3. The zero-order valence-corrected chi connectivity index (χ0v) is 16.8. The third kappa shape index (κ3) is 3.91. The van der Waals surface area contributed by atoms with Crippen LogP contribution >= 0.6 is 0 Å². The summed E-state index contributed by atoms with van der Waals surface area (Å²) in [5, 5.41) is 4.14. The fourth-order valence-electron chi connectivity index (χ4n) is 3.39. The lowest BCUT2D eigenvalue weighted by molar-refractivity contribution is 0.355. The maximum absolute atomic E-state index is 5.52. The van der Waals surface area contributed by atoms with Crippen LogP contribution < -0.4 is 24.0 Å². The quantitative estimate of drug-likeness (QED) is 0.629. The number of aromatic nitrogens is 2. The third-order valence-corrected chi connectivity index (χ3v) is 5.04. The van der Waals surface area contributed by atoms with Crippen LogP contribution in [0.1, 0.15) is 0 Å². The Hall–Kier alpha value is -3.42. The summed E-state index contributed by atoms with van der Waals surface area (Å²) in [5.74, 6) is 2.68. The molecule has 8 nitrogen and oxygen atoms in total. The highest BCUT2D eigenvalue weighted by Gasteiger charge is 2.22. The first-order valence-corrected chi connectivity index (χ1v) is 9.42. The van der Waals surface area contributed by atoms with E-state index in [4.69, 9.17) is 18.7 Å². The van der Waals surface area contributed by atoms with Crippen molar-refractivity contribution in [3.8, 4) is 28.6 Å². The topological polar surface area (TPSA) is 73.1 Å². The van der Waals surface area contributed by atoms with Gasteiger partial charge in [-0.15, -0.1) is 0 Å². The van der Waals surface area contributed by atoms with Crippen molar-refractivity contribution in [1.82, 2.24) is 10.1 Å². The molecule has 0 unspecified atom stereocenters. The lowest BCUT2D eigenvalue weighted by atomic mass is 10.2. The number of hydrogen-bond acceptors (Lipinski definition) is 8. The van der Waals surface area contributed by atoms with Gasteiger partial charge < -0.3 is 28.5 Å². The minimum atomic E-state index is 0.526. The molecule has 0 spiro atoms. The van der Waals surface area contributed by atoms with Gasteiger partial charge in [-0.05, 0) is 42.5 Å². The first-order valence-electron chi connectivity index (χ1n) is 9.42. The Morgan fingerprint density at radius 1 is 0.793 bits per heavy atom. The monoisotopic (exact) mass is 396 g/mol. The van der Waals surface area contributed by atoms with E-state index in [1.807, 2.05) is 30.3 Å². The molecule has 0 atom stereocenters. The van der Waals surface area contributed by atoms with Crippen molar-refractivity contribution in [3.63, 3.8) is 0 Å². The van der Waals surface area contributed by atoms with E-state index in [9.17, 15) is 0 Å². The molecule has 4 rings (SSSR count). The molecule has 29 heavy (non-hydrogen) atoms. The van der Waals surface area contributed by atoms with Crippen LogP contribution in [0.3, 0.4) is 0 Å². The molecule has 1 aromatic heterocycles. The van der Waals surface area contributed by atoms with Gasteiger partial charge in [-0.2, -0.15) is 4.98 Å². The Balaban J connectivity index is 1.43. The largest absolute Gasteiger partial charge is 0.497 e. The van der Waals surface area contributed by atoms with E-state index >= 15 is 0 Å². The van der Waals surface area contributed by atoms with Gasteiger partial charge in [0.2, 0.25) is 5.82 Å². The van der Waals surface area contributed by atoms with Crippen molar-refractivity contribution in [3.05, 3.63) is 42.5 Å². The Labute approximate surface area is 169 Å². The number of nitrogens with zero attached hydrogens (tertiary/aromatic N) is 4. The fraction of sp³-hybridized carbons (Fsp3) is 0.333. The van der Waals surface area contributed by atoms with Crippen LogP contribution in [0.5, 0.6) is 17.2 Å². The lowest BCUT2D eigenvalue weighted by Crippen LogP contribution is -2.46. The number of rotatable bonds is 6. The molecule has 0 saturated carbocycles. The first kappa shape index (κ1) is 18.9. The number of anilines is 2. The van der Waals surface area contributed by atoms with Gasteiger partial charge in [-0.25, -0.2) is 0 Å². The molecule has 0 bridgehead atoms. The summed E-state index contributed by atoms with van der Waals surface area (Å²) in [6.07, 6.45) is 0. The second-order valence-electron chi connectivity index (χ2n) is 6.64. The smallest absolute Gasteiger partial charge is 0.324 e. The molecule has 8 heteroatoms. The van der Waals surface area contributed by atoms with E-state index < -0.39 is 0 Å². The summed E-state index contributed by atoms with van der Waals surface area (Å²) in [7, 11) is 4.88. The van der Waals surface area contributed by atoms with Crippen LogP contribution in [0.2, 0.25) is 0 Å². The van der Waals surface area contributed by atoms with E-state index in [-0.39, 0.29) is 0 Å². The van der Waals surface area contributed by atoms with Crippen LogP contribution in [0.4, 0.5) is 11.7 Å². The molecule has 0 aliphatic carbocycles. The Bertz CT molecular complexity index is 950. The van der Waals surface area contributed by atoms with Gasteiger partial charge in [0.1, 0.15) is 5.75 Å². The molecular weight excluding hydrogens is 372 g/mol. The van der Waals surface area contributed by atoms with E-state index in [2.05, 4.69) is 32.1 Å².